The standard InChI is InChI=1S/C30H28FN3O3/c1-33-29-23(16-32-33)15-21-5-3-6-22(27(21)28(29)31)17-34(30(37)25-14-19-8-10-20(25)12-19)24-7-2-4-18(13-24)9-11-26(35)36/h2-7,9,11,13,15-16,19-20,25H,8,10,12,14,17H2,1H3,(H,35,36)/b11-9+/t19-,20+,25?/m0/s1. The van der Waals surface area contributed by atoms with Crippen molar-refractivity contribution in [2.24, 2.45) is 24.8 Å². The lowest BCUT2D eigenvalue weighted by atomic mass is 9.87. The highest BCUT2D eigenvalue weighted by Crippen LogP contribution is 2.49. The summed E-state index contributed by atoms with van der Waals surface area (Å²) < 4.78 is 17.4. The second-order valence-electron chi connectivity index (χ2n) is 10.4. The number of amides is 1. The lowest BCUT2D eigenvalue weighted by molar-refractivity contribution is -0.131. The summed E-state index contributed by atoms with van der Waals surface area (Å²) in [7, 11) is 1.72. The average molecular weight is 498 g/mol. The van der Waals surface area contributed by atoms with Gasteiger partial charge in [0, 0.05) is 35.5 Å². The summed E-state index contributed by atoms with van der Waals surface area (Å²) in [5.41, 5.74) is 2.53. The van der Waals surface area contributed by atoms with Gasteiger partial charge in [-0.05, 0) is 71.9 Å². The number of anilines is 1. The lowest BCUT2D eigenvalue weighted by Crippen LogP contribution is -2.38. The summed E-state index contributed by atoms with van der Waals surface area (Å²) in [6.45, 7) is 0.219. The molecule has 2 aliphatic rings. The highest BCUT2D eigenvalue weighted by Gasteiger charge is 2.44. The fraction of sp³-hybridized carbons (Fsp3) is 0.300. The molecule has 0 aliphatic heterocycles. The van der Waals surface area contributed by atoms with E-state index in [9.17, 15) is 9.59 Å². The Bertz CT molecular complexity index is 1570. The zero-order chi connectivity index (χ0) is 25.7. The minimum absolute atomic E-state index is 0.0411. The van der Waals surface area contributed by atoms with Gasteiger partial charge in [-0.25, -0.2) is 9.18 Å². The third-order valence-corrected chi connectivity index (χ3v) is 8.14. The molecule has 2 saturated carbocycles. The average Bonchev–Trinajstić information content (AvgIpc) is 3.62. The summed E-state index contributed by atoms with van der Waals surface area (Å²) in [5.74, 6) is -0.347. The first-order chi connectivity index (χ1) is 17.9. The monoisotopic (exact) mass is 497 g/mol. The van der Waals surface area contributed by atoms with Crippen molar-refractivity contribution in [1.82, 2.24) is 9.78 Å². The van der Waals surface area contributed by atoms with Crippen molar-refractivity contribution >= 4 is 45.3 Å². The Kier molecular flexibility index (Phi) is 5.78. The summed E-state index contributed by atoms with van der Waals surface area (Å²) in [6, 6.07) is 14.9. The Morgan fingerprint density at radius 3 is 2.73 bits per heavy atom. The van der Waals surface area contributed by atoms with Crippen molar-refractivity contribution in [2.75, 3.05) is 4.90 Å². The zero-order valence-corrected chi connectivity index (χ0v) is 20.6. The first-order valence-electron chi connectivity index (χ1n) is 12.7. The molecular formula is C30H28FN3O3. The Labute approximate surface area is 214 Å². The van der Waals surface area contributed by atoms with Crippen LogP contribution in [0.2, 0.25) is 0 Å². The number of benzene rings is 3. The van der Waals surface area contributed by atoms with Gasteiger partial charge in [0.05, 0.1) is 12.7 Å². The van der Waals surface area contributed by atoms with E-state index in [0.29, 0.717) is 34.0 Å². The number of halogens is 1. The number of carboxylic acids is 1. The van der Waals surface area contributed by atoms with Gasteiger partial charge in [0.25, 0.3) is 0 Å². The van der Waals surface area contributed by atoms with Crippen LogP contribution in [0.25, 0.3) is 27.8 Å². The number of rotatable bonds is 6. The summed E-state index contributed by atoms with van der Waals surface area (Å²) in [5, 5.41) is 15.3. The summed E-state index contributed by atoms with van der Waals surface area (Å²) in [4.78, 5) is 26.9. The Balaban J connectivity index is 1.45. The molecule has 0 spiro atoms. The van der Waals surface area contributed by atoms with E-state index in [0.717, 1.165) is 41.7 Å². The van der Waals surface area contributed by atoms with E-state index >= 15 is 4.39 Å². The van der Waals surface area contributed by atoms with Crippen molar-refractivity contribution in [3.63, 3.8) is 0 Å². The van der Waals surface area contributed by atoms with Crippen molar-refractivity contribution in [1.29, 1.82) is 0 Å². The normalized spacial score (nSPS) is 20.9. The van der Waals surface area contributed by atoms with E-state index in [-0.39, 0.29) is 24.2 Å². The van der Waals surface area contributed by atoms with Gasteiger partial charge in [-0.15, -0.1) is 0 Å². The maximum absolute atomic E-state index is 15.9. The maximum atomic E-state index is 15.9. The van der Waals surface area contributed by atoms with Gasteiger partial charge < -0.3 is 10.0 Å². The van der Waals surface area contributed by atoms with Crippen LogP contribution in [-0.2, 0) is 23.2 Å². The van der Waals surface area contributed by atoms with Crippen LogP contribution in [0.15, 0.2) is 60.8 Å². The van der Waals surface area contributed by atoms with Gasteiger partial charge in [-0.1, -0.05) is 36.8 Å². The largest absolute Gasteiger partial charge is 0.478 e. The molecule has 3 atom stereocenters. The van der Waals surface area contributed by atoms with E-state index in [1.54, 1.807) is 24.2 Å². The van der Waals surface area contributed by atoms with Crippen LogP contribution in [0.3, 0.4) is 0 Å². The predicted molar refractivity (Wildman–Crippen MR) is 141 cm³/mol. The molecule has 37 heavy (non-hydrogen) atoms. The molecular weight excluding hydrogens is 469 g/mol. The van der Waals surface area contributed by atoms with E-state index in [2.05, 4.69) is 5.10 Å². The molecule has 4 aromatic rings. The van der Waals surface area contributed by atoms with Crippen molar-refractivity contribution in [3.8, 4) is 0 Å². The number of aliphatic carboxylic acids is 1. The molecule has 188 valence electrons. The second-order valence-corrected chi connectivity index (χ2v) is 10.4. The number of nitrogens with zero attached hydrogens (tertiary/aromatic N) is 3. The molecule has 7 heteroatoms. The molecule has 1 unspecified atom stereocenters. The highest BCUT2D eigenvalue weighted by atomic mass is 19.1. The number of hydrogen-bond acceptors (Lipinski definition) is 3. The minimum atomic E-state index is -1.03. The van der Waals surface area contributed by atoms with Crippen LogP contribution >= 0.6 is 0 Å². The van der Waals surface area contributed by atoms with Gasteiger partial charge in [0.15, 0.2) is 5.82 Å². The van der Waals surface area contributed by atoms with Crippen LogP contribution in [0, 0.1) is 23.6 Å². The minimum Gasteiger partial charge on any atom is -0.478 e. The molecule has 1 aromatic heterocycles. The third-order valence-electron chi connectivity index (χ3n) is 8.14. The fourth-order valence-electron chi connectivity index (χ4n) is 6.43. The number of carboxylic acid groups (broad SMARTS) is 1. The van der Waals surface area contributed by atoms with E-state index in [1.807, 2.05) is 42.5 Å². The summed E-state index contributed by atoms with van der Waals surface area (Å²) in [6.07, 6.45) is 8.54. The smallest absolute Gasteiger partial charge is 0.328 e. The Morgan fingerprint density at radius 1 is 1.14 bits per heavy atom. The number of carbonyl (C=O) groups excluding carboxylic acids is 1. The molecule has 2 fully saturated rings. The van der Waals surface area contributed by atoms with Crippen molar-refractivity contribution in [2.45, 2.75) is 32.2 Å². The molecule has 6 rings (SSSR count). The molecule has 1 amide bonds. The number of hydrogen-bond donors (Lipinski definition) is 1. The fourth-order valence-corrected chi connectivity index (χ4v) is 6.43. The van der Waals surface area contributed by atoms with Crippen LogP contribution in [0.4, 0.5) is 10.1 Å². The van der Waals surface area contributed by atoms with Gasteiger partial charge in [0.1, 0.15) is 5.52 Å². The van der Waals surface area contributed by atoms with Crippen molar-refractivity contribution < 1.29 is 19.1 Å². The molecule has 1 heterocycles. The second kappa shape index (κ2) is 9.14. The maximum Gasteiger partial charge on any atom is 0.328 e. The number of aryl methyl sites for hydroxylation is 1. The van der Waals surface area contributed by atoms with E-state index < -0.39 is 5.97 Å². The van der Waals surface area contributed by atoms with Gasteiger partial charge in [0.2, 0.25) is 5.91 Å². The third kappa shape index (κ3) is 4.18. The van der Waals surface area contributed by atoms with Gasteiger partial charge in [-0.2, -0.15) is 5.10 Å². The summed E-state index contributed by atoms with van der Waals surface area (Å²) >= 11 is 0. The van der Waals surface area contributed by atoms with Crippen LogP contribution in [0.5, 0.6) is 0 Å². The Morgan fingerprint density at radius 2 is 1.97 bits per heavy atom. The van der Waals surface area contributed by atoms with Gasteiger partial charge >= 0.3 is 5.97 Å². The first kappa shape index (κ1) is 23.4. The SMILES string of the molecule is Cn1ncc2cc3cccc(CN(C(=O)C4C[C@H]5CC[C@@H]4C5)c4cccc(/C=C/C(=O)O)c4)c3c(F)c21. The molecule has 3 aromatic carbocycles. The molecule has 0 radical (unpaired) electrons. The van der Waals surface area contributed by atoms with Crippen LogP contribution < -0.4 is 4.90 Å². The number of fused-ring (bicyclic) bond motifs is 4. The topological polar surface area (TPSA) is 75.4 Å². The van der Waals surface area contributed by atoms with Crippen LogP contribution in [0.1, 0.15) is 36.8 Å². The van der Waals surface area contributed by atoms with Crippen LogP contribution in [-0.4, -0.2) is 26.8 Å². The molecule has 0 saturated heterocycles. The predicted octanol–water partition coefficient (Wildman–Crippen LogP) is 5.93. The molecule has 2 aliphatic carbocycles. The zero-order valence-electron chi connectivity index (χ0n) is 20.6. The van der Waals surface area contributed by atoms with E-state index in [4.69, 9.17) is 5.11 Å². The lowest BCUT2D eigenvalue weighted by Gasteiger charge is -2.30. The molecule has 1 N–H and O–H groups in total. The number of aromatic nitrogens is 2. The quantitative estimate of drug-likeness (QED) is 0.335. The molecule has 2 bridgehead atoms. The molecule has 6 nitrogen and oxygen atoms in total. The van der Waals surface area contributed by atoms with E-state index in [1.165, 1.54) is 17.2 Å². The highest BCUT2D eigenvalue weighted by molar-refractivity contribution is 6.01. The Hall–Kier alpha value is -4.00. The van der Waals surface area contributed by atoms with Crippen molar-refractivity contribution in [3.05, 3.63) is 77.7 Å². The first-order valence-corrected chi connectivity index (χ1v) is 12.7. The number of carbonyl (C=O) groups is 2. The van der Waals surface area contributed by atoms with Gasteiger partial charge in [-0.3, -0.25) is 9.48 Å².